The minimum atomic E-state index is -0.824. The van der Waals surface area contributed by atoms with Crippen molar-refractivity contribution in [3.8, 4) is 0 Å². The third kappa shape index (κ3) is 4.33. The summed E-state index contributed by atoms with van der Waals surface area (Å²) in [6.07, 6.45) is 0.737. The highest BCUT2D eigenvalue weighted by atomic mass is 16.4. The Morgan fingerprint density at radius 2 is 2.08 bits per heavy atom. The molecule has 7 heteroatoms. The van der Waals surface area contributed by atoms with Crippen molar-refractivity contribution in [3.63, 3.8) is 0 Å². The van der Waals surface area contributed by atoms with Crippen LogP contribution >= 0.6 is 0 Å². The van der Waals surface area contributed by atoms with Gasteiger partial charge in [-0.05, 0) is 41.8 Å². The van der Waals surface area contributed by atoms with Crippen molar-refractivity contribution in [1.82, 2.24) is 15.2 Å². The molecule has 7 nitrogen and oxygen atoms in total. The Bertz CT molecular complexity index is 807. The van der Waals surface area contributed by atoms with Gasteiger partial charge in [0, 0.05) is 18.7 Å². The number of aromatic nitrogens is 1. The second kappa shape index (κ2) is 7.31. The first kappa shape index (κ1) is 16.9. The highest BCUT2D eigenvalue weighted by Gasteiger charge is 2.19. The highest BCUT2D eigenvalue weighted by Crippen LogP contribution is 2.20. The van der Waals surface area contributed by atoms with E-state index in [-0.39, 0.29) is 12.5 Å². The summed E-state index contributed by atoms with van der Waals surface area (Å²) in [5.41, 5.74) is 9.09. The zero-order valence-corrected chi connectivity index (χ0v) is 13.7. The van der Waals surface area contributed by atoms with E-state index in [1.165, 1.54) is 0 Å². The Kier molecular flexibility index (Phi) is 4.95. The van der Waals surface area contributed by atoms with E-state index in [9.17, 15) is 9.59 Å². The van der Waals surface area contributed by atoms with E-state index in [1.54, 1.807) is 24.3 Å². The Morgan fingerprint density at radius 3 is 2.84 bits per heavy atom. The van der Waals surface area contributed by atoms with Gasteiger partial charge in [-0.15, -0.1) is 0 Å². The molecule has 0 atom stereocenters. The third-order valence-electron chi connectivity index (χ3n) is 4.18. The number of hydrogen-bond donors (Lipinski definition) is 3. The topological polar surface area (TPSA) is 109 Å². The molecule has 3 rings (SSSR count). The molecular weight excluding hydrogens is 320 g/mol. The Morgan fingerprint density at radius 1 is 1.24 bits per heavy atom. The van der Waals surface area contributed by atoms with Crippen LogP contribution in [0, 0.1) is 0 Å². The number of nitrogens with zero attached hydrogens (tertiary/aromatic N) is 2. The molecule has 1 amide bonds. The number of benzene rings is 1. The molecule has 0 fully saturated rings. The minimum absolute atomic E-state index is 0.0366. The van der Waals surface area contributed by atoms with Crippen LogP contribution in [0.25, 0.3) is 0 Å². The van der Waals surface area contributed by atoms with Gasteiger partial charge < -0.3 is 16.2 Å². The fraction of sp³-hybridized carbons (Fsp3) is 0.278. The molecule has 0 radical (unpaired) electrons. The molecule has 25 heavy (non-hydrogen) atoms. The van der Waals surface area contributed by atoms with Crippen molar-refractivity contribution in [2.24, 2.45) is 0 Å². The van der Waals surface area contributed by atoms with Crippen molar-refractivity contribution in [2.45, 2.75) is 19.5 Å². The van der Waals surface area contributed by atoms with Gasteiger partial charge in [-0.1, -0.05) is 12.1 Å². The fourth-order valence-corrected chi connectivity index (χ4v) is 2.95. The summed E-state index contributed by atoms with van der Waals surface area (Å²) in [6.45, 7) is 1.62. The van der Waals surface area contributed by atoms with E-state index in [0.29, 0.717) is 36.7 Å². The second-order valence-electron chi connectivity index (χ2n) is 6.07. The van der Waals surface area contributed by atoms with Crippen LogP contribution in [0.5, 0.6) is 0 Å². The van der Waals surface area contributed by atoms with Crippen molar-refractivity contribution >= 4 is 17.7 Å². The zero-order valence-electron chi connectivity index (χ0n) is 13.7. The number of rotatable bonds is 5. The van der Waals surface area contributed by atoms with Crippen LogP contribution in [0.2, 0.25) is 0 Å². The first-order chi connectivity index (χ1) is 12.0. The number of aliphatic carboxylic acids is 1. The predicted octanol–water partition coefficient (Wildman–Crippen LogP) is 1.04. The predicted molar refractivity (Wildman–Crippen MR) is 92.9 cm³/mol. The lowest BCUT2D eigenvalue weighted by atomic mass is 9.97. The molecule has 0 aliphatic carbocycles. The Balaban J connectivity index is 1.64. The van der Waals surface area contributed by atoms with E-state index >= 15 is 0 Å². The van der Waals surface area contributed by atoms with Gasteiger partial charge in [0.1, 0.15) is 5.82 Å². The van der Waals surface area contributed by atoms with E-state index in [1.807, 2.05) is 17.0 Å². The standard InChI is InChI=1S/C18H20N4O3/c19-16-3-1-2-15(21-16)9-20-18(25)13-4-5-14-10-22(11-17(23)24)7-6-12(14)8-13/h1-5,8H,6-7,9-11H2,(H2,19,21)(H,20,25)(H,23,24). The van der Waals surface area contributed by atoms with Crippen LogP contribution in [0.1, 0.15) is 27.2 Å². The number of anilines is 1. The number of amides is 1. The van der Waals surface area contributed by atoms with Crippen molar-refractivity contribution < 1.29 is 14.7 Å². The molecule has 130 valence electrons. The summed E-state index contributed by atoms with van der Waals surface area (Å²) < 4.78 is 0. The SMILES string of the molecule is Nc1cccc(CNC(=O)c2ccc3c(c2)CCN(CC(=O)O)C3)n1. The van der Waals surface area contributed by atoms with Crippen molar-refractivity contribution in [3.05, 3.63) is 58.8 Å². The quantitative estimate of drug-likeness (QED) is 0.750. The summed E-state index contributed by atoms with van der Waals surface area (Å²) >= 11 is 0. The van der Waals surface area contributed by atoms with Crippen LogP contribution in [0.3, 0.4) is 0 Å². The molecule has 0 spiro atoms. The number of carbonyl (C=O) groups excluding carboxylic acids is 1. The van der Waals surface area contributed by atoms with E-state index in [4.69, 9.17) is 10.8 Å². The molecule has 1 aromatic heterocycles. The Labute approximate surface area is 145 Å². The molecule has 0 saturated carbocycles. The van der Waals surface area contributed by atoms with Crippen molar-refractivity contribution in [2.75, 3.05) is 18.8 Å². The molecule has 0 unspecified atom stereocenters. The zero-order chi connectivity index (χ0) is 17.8. The lowest BCUT2D eigenvalue weighted by Gasteiger charge is -2.27. The van der Waals surface area contributed by atoms with Crippen LogP contribution in [0.4, 0.5) is 5.82 Å². The number of hydrogen-bond acceptors (Lipinski definition) is 5. The molecule has 1 aliphatic heterocycles. The number of carboxylic acid groups (broad SMARTS) is 1. The van der Waals surface area contributed by atoms with Gasteiger partial charge >= 0.3 is 5.97 Å². The summed E-state index contributed by atoms with van der Waals surface area (Å²) in [5.74, 6) is -0.568. The van der Waals surface area contributed by atoms with Gasteiger partial charge in [0.15, 0.2) is 0 Å². The van der Waals surface area contributed by atoms with Gasteiger partial charge in [0.05, 0.1) is 18.8 Å². The maximum atomic E-state index is 12.3. The number of nitrogens with one attached hydrogen (secondary N) is 1. The van der Waals surface area contributed by atoms with E-state index in [0.717, 1.165) is 17.5 Å². The van der Waals surface area contributed by atoms with Gasteiger partial charge in [-0.3, -0.25) is 14.5 Å². The molecule has 1 aromatic carbocycles. The minimum Gasteiger partial charge on any atom is -0.480 e. The van der Waals surface area contributed by atoms with E-state index < -0.39 is 5.97 Å². The first-order valence-corrected chi connectivity index (χ1v) is 8.07. The summed E-state index contributed by atoms with van der Waals surface area (Å²) in [4.78, 5) is 29.2. The number of carboxylic acids is 1. The van der Waals surface area contributed by atoms with Crippen LogP contribution < -0.4 is 11.1 Å². The Hall–Kier alpha value is -2.93. The second-order valence-corrected chi connectivity index (χ2v) is 6.07. The number of pyridine rings is 1. The molecular formula is C18H20N4O3. The van der Waals surface area contributed by atoms with Gasteiger partial charge in [0.2, 0.25) is 0 Å². The number of carbonyl (C=O) groups is 2. The number of nitrogen functional groups attached to an aromatic ring is 1. The van der Waals surface area contributed by atoms with Crippen LogP contribution in [0.15, 0.2) is 36.4 Å². The maximum absolute atomic E-state index is 12.3. The molecule has 0 saturated heterocycles. The largest absolute Gasteiger partial charge is 0.480 e. The lowest BCUT2D eigenvalue weighted by molar-refractivity contribution is -0.138. The summed E-state index contributed by atoms with van der Waals surface area (Å²) in [5, 5.41) is 11.7. The van der Waals surface area contributed by atoms with Crippen molar-refractivity contribution in [1.29, 1.82) is 0 Å². The van der Waals surface area contributed by atoms with Crippen LogP contribution in [-0.2, 0) is 24.3 Å². The van der Waals surface area contributed by atoms with Gasteiger partial charge in [0.25, 0.3) is 5.91 Å². The highest BCUT2D eigenvalue weighted by molar-refractivity contribution is 5.94. The fourth-order valence-electron chi connectivity index (χ4n) is 2.95. The smallest absolute Gasteiger partial charge is 0.317 e. The van der Waals surface area contributed by atoms with E-state index in [2.05, 4.69) is 10.3 Å². The third-order valence-corrected chi connectivity index (χ3v) is 4.18. The average Bonchev–Trinajstić information content (AvgIpc) is 2.59. The van der Waals surface area contributed by atoms with Gasteiger partial charge in [-0.2, -0.15) is 0 Å². The van der Waals surface area contributed by atoms with Gasteiger partial charge in [-0.25, -0.2) is 4.98 Å². The molecule has 1 aliphatic rings. The molecule has 2 heterocycles. The number of fused-ring (bicyclic) bond motifs is 1. The molecule has 4 N–H and O–H groups in total. The molecule has 2 aromatic rings. The normalized spacial score (nSPS) is 13.9. The number of nitrogens with two attached hydrogens (primary N) is 1. The summed E-state index contributed by atoms with van der Waals surface area (Å²) in [7, 11) is 0. The monoisotopic (exact) mass is 340 g/mol. The summed E-state index contributed by atoms with van der Waals surface area (Å²) in [6, 6.07) is 10.9. The molecule has 0 bridgehead atoms. The lowest BCUT2D eigenvalue weighted by Crippen LogP contribution is -2.35. The first-order valence-electron chi connectivity index (χ1n) is 8.07. The average molecular weight is 340 g/mol. The maximum Gasteiger partial charge on any atom is 0.317 e. The van der Waals surface area contributed by atoms with Crippen LogP contribution in [-0.4, -0.2) is 40.0 Å².